The van der Waals surface area contributed by atoms with E-state index in [0.717, 1.165) is 27.6 Å². The van der Waals surface area contributed by atoms with Gasteiger partial charge in [-0.25, -0.2) is 0 Å². The summed E-state index contributed by atoms with van der Waals surface area (Å²) in [6, 6.07) is 35.5. The largest absolute Gasteiger partial charge is 0.455 e. The molecule has 210 valence electrons. The summed E-state index contributed by atoms with van der Waals surface area (Å²) in [7, 11) is 0. The Kier molecular flexibility index (Phi) is 4.30. The maximum atomic E-state index is 9.42. The Bertz CT molecular complexity index is 2870. The van der Waals surface area contributed by atoms with Gasteiger partial charge in [-0.2, -0.15) is 0 Å². The molecule has 0 bridgehead atoms. The Labute approximate surface area is 272 Å². The Morgan fingerprint density at radius 2 is 0.867 bits per heavy atom. The molecule has 0 amide bonds. The van der Waals surface area contributed by atoms with Crippen molar-refractivity contribution in [2.24, 2.45) is 0 Å². The number of fused-ring (bicyclic) bond motifs is 5. The van der Waals surface area contributed by atoms with Crippen molar-refractivity contribution in [3.63, 3.8) is 0 Å². The van der Waals surface area contributed by atoms with Crippen molar-refractivity contribution in [3.8, 4) is 44.5 Å². The third kappa shape index (κ3) is 4.09. The maximum absolute atomic E-state index is 9.42. The van der Waals surface area contributed by atoms with E-state index < -0.39 is 24.2 Å². The summed E-state index contributed by atoms with van der Waals surface area (Å²) in [6.07, 6.45) is 0. The summed E-state index contributed by atoms with van der Waals surface area (Å²) in [5.74, 6) is 0. The van der Waals surface area contributed by atoms with Gasteiger partial charge < -0.3 is 4.42 Å². The van der Waals surface area contributed by atoms with Gasteiger partial charge in [0.1, 0.15) is 11.2 Å². The van der Waals surface area contributed by atoms with Crippen LogP contribution in [0.4, 0.5) is 0 Å². The molecule has 1 heterocycles. The van der Waals surface area contributed by atoms with E-state index in [2.05, 4.69) is 0 Å². The van der Waals surface area contributed by atoms with E-state index in [1.165, 1.54) is 0 Å². The minimum atomic E-state index is -0.441. The van der Waals surface area contributed by atoms with Crippen molar-refractivity contribution in [2.75, 3.05) is 0 Å². The number of benzene rings is 8. The molecule has 9 rings (SSSR count). The summed E-state index contributed by atoms with van der Waals surface area (Å²) in [5, 5.41) is 2.10. The molecular weight excluding hydrogens is 544 g/mol. The van der Waals surface area contributed by atoms with Crippen LogP contribution in [-0.4, -0.2) is 0 Å². The second-order valence-electron chi connectivity index (χ2n) is 11.0. The van der Waals surface area contributed by atoms with E-state index in [1.54, 1.807) is 0 Å². The molecular formula is C44H28O. The van der Waals surface area contributed by atoms with Crippen LogP contribution < -0.4 is 0 Å². The average molecular weight is 581 g/mol. The van der Waals surface area contributed by atoms with Gasteiger partial charge in [0.2, 0.25) is 0 Å². The molecule has 0 aliphatic rings. The van der Waals surface area contributed by atoms with Crippen LogP contribution in [0.1, 0.15) is 11.0 Å². The molecule has 0 atom stereocenters. The van der Waals surface area contributed by atoms with E-state index in [4.69, 9.17) is 9.90 Å². The first kappa shape index (κ1) is 18.7. The molecule has 0 fully saturated rings. The molecule has 0 spiro atoms. The van der Waals surface area contributed by atoms with Gasteiger partial charge in [-0.1, -0.05) is 158 Å². The van der Waals surface area contributed by atoms with E-state index in [9.17, 15) is 5.48 Å². The van der Waals surface area contributed by atoms with Crippen LogP contribution in [0, 0.1) is 0 Å². The summed E-state index contributed by atoms with van der Waals surface area (Å²) >= 11 is 0. The lowest BCUT2D eigenvalue weighted by Gasteiger charge is -2.19. The second-order valence-corrected chi connectivity index (χ2v) is 11.0. The highest BCUT2D eigenvalue weighted by Gasteiger charge is 2.22. The molecule has 0 unspecified atom stereocenters. The summed E-state index contributed by atoms with van der Waals surface area (Å²) < 4.78 is 79.4. The molecule has 9 aromatic rings. The molecule has 1 aromatic heterocycles. The fourth-order valence-corrected chi connectivity index (χ4v) is 6.52. The summed E-state index contributed by atoms with van der Waals surface area (Å²) in [5.41, 5.74) is 6.49. The highest BCUT2D eigenvalue weighted by atomic mass is 16.3. The first-order valence-corrected chi connectivity index (χ1v) is 14.8. The molecule has 0 radical (unpaired) electrons. The third-order valence-electron chi connectivity index (χ3n) is 8.54. The van der Waals surface area contributed by atoms with Crippen LogP contribution in [0.25, 0.3) is 88.0 Å². The van der Waals surface area contributed by atoms with Crippen molar-refractivity contribution in [3.05, 3.63) is 170 Å². The lowest BCUT2D eigenvalue weighted by atomic mass is 9.84. The average Bonchev–Trinajstić information content (AvgIpc) is 3.60. The zero-order valence-corrected chi connectivity index (χ0v) is 24.0. The summed E-state index contributed by atoms with van der Waals surface area (Å²) in [4.78, 5) is 0. The van der Waals surface area contributed by atoms with Gasteiger partial charge in [0, 0.05) is 16.3 Å². The molecule has 8 aromatic carbocycles. The van der Waals surface area contributed by atoms with Crippen LogP contribution in [0.5, 0.6) is 0 Å². The van der Waals surface area contributed by atoms with Gasteiger partial charge in [0.15, 0.2) is 0 Å². The van der Waals surface area contributed by atoms with Gasteiger partial charge in [-0.3, -0.25) is 0 Å². The van der Waals surface area contributed by atoms with E-state index in [1.807, 2.05) is 121 Å². The molecule has 1 nitrogen and oxygen atoms in total. The number of hydrogen-bond acceptors (Lipinski definition) is 1. The van der Waals surface area contributed by atoms with Crippen LogP contribution in [0.3, 0.4) is 0 Å². The van der Waals surface area contributed by atoms with Gasteiger partial charge in [-0.15, -0.1) is 0 Å². The third-order valence-corrected chi connectivity index (χ3v) is 8.54. The monoisotopic (exact) mass is 580 g/mol. The fourth-order valence-electron chi connectivity index (χ4n) is 6.52. The first-order chi connectivity index (χ1) is 25.7. The Balaban J connectivity index is 1.51. The number of hydrogen-bond donors (Lipinski definition) is 0. The van der Waals surface area contributed by atoms with Gasteiger partial charge in [-0.05, 0) is 72.6 Å². The van der Waals surface area contributed by atoms with Crippen molar-refractivity contribution in [1.29, 1.82) is 0 Å². The zero-order chi connectivity index (χ0) is 36.7. The molecule has 0 saturated carbocycles. The van der Waals surface area contributed by atoms with E-state index in [-0.39, 0.29) is 51.3 Å². The van der Waals surface area contributed by atoms with Crippen LogP contribution in [-0.2, 0) is 0 Å². The Hall–Kier alpha value is -5.92. The lowest BCUT2D eigenvalue weighted by molar-refractivity contribution is 0.670. The van der Waals surface area contributed by atoms with Gasteiger partial charge in [0.25, 0.3) is 0 Å². The molecule has 0 saturated heterocycles. The summed E-state index contributed by atoms with van der Waals surface area (Å²) in [6.45, 7) is 0. The SMILES string of the molecule is [2H]c1c([2H])c([2H])c2c(-c3ccc(-c4ccccc4)c4oc5ccccc5c34)c3c([2H])c([2H])c([2H])c([2H])c3c(-c3ccc(-c4ccccc4)cc3)c2c1[2H]. The normalized spacial score (nSPS) is 14.0. The molecule has 0 N–H and O–H groups in total. The second kappa shape index (κ2) is 10.4. The highest BCUT2D eigenvalue weighted by Crippen LogP contribution is 2.48. The topological polar surface area (TPSA) is 13.1 Å². The van der Waals surface area contributed by atoms with Crippen LogP contribution in [0.15, 0.2) is 174 Å². The first-order valence-electron chi connectivity index (χ1n) is 18.8. The smallest absolute Gasteiger partial charge is 0.143 e. The predicted octanol–water partition coefficient (Wildman–Crippen LogP) is 12.6. The fraction of sp³-hybridized carbons (Fsp3) is 0. The minimum absolute atomic E-state index is 0.162. The van der Waals surface area contributed by atoms with Crippen molar-refractivity contribution in [1.82, 2.24) is 0 Å². The van der Waals surface area contributed by atoms with Crippen LogP contribution >= 0.6 is 0 Å². The Morgan fingerprint density at radius 3 is 1.51 bits per heavy atom. The van der Waals surface area contributed by atoms with Crippen molar-refractivity contribution in [2.45, 2.75) is 0 Å². The lowest BCUT2D eigenvalue weighted by Crippen LogP contribution is -1.92. The number of para-hydroxylation sites is 1. The highest BCUT2D eigenvalue weighted by molar-refractivity contribution is 6.26. The van der Waals surface area contributed by atoms with E-state index >= 15 is 0 Å². The molecule has 0 aliphatic carbocycles. The molecule has 0 aliphatic heterocycles. The number of furan rings is 1. The van der Waals surface area contributed by atoms with Gasteiger partial charge >= 0.3 is 0 Å². The van der Waals surface area contributed by atoms with Crippen molar-refractivity contribution < 1.29 is 15.4 Å². The minimum Gasteiger partial charge on any atom is -0.455 e. The molecule has 45 heavy (non-hydrogen) atoms. The quantitative estimate of drug-likeness (QED) is 0.189. The number of rotatable bonds is 4. The van der Waals surface area contributed by atoms with Crippen LogP contribution in [0.2, 0.25) is 0 Å². The standard InChI is InChI=1S/C44H28O/c1-3-13-29(14-4-1)30-23-25-32(26-24-30)41-34-17-7-9-19-36(34)42(37-20-10-8-18-35(37)41)39-28-27-33(31-15-5-2-6-16-31)44-43(39)38-21-11-12-22-40(38)45-44/h1-28H/i7D,8D,9D,10D,17D,18D,19D,20D. The van der Waals surface area contributed by atoms with Gasteiger partial charge in [0.05, 0.1) is 11.0 Å². The zero-order valence-electron chi connectivity index (χ0n) is 32.0. The van der Waals surface area contributed by atoms with Crippen molar-refractivity contribution >= 4 is 43.5 Å². The maximum Gasteiger partial charge on any atom is 0.143 e. The van der Waals surface area contributed by atoms with E-state index in [0.29, 0.717) is 33.2 Å². The Morgan fingerprint density at radius 1 is 0.378 bits per heavy atom. The predicted molar refractivity (Wildman–Crippen MR) is 190 cm³/mol. The molecule has 1 heteroatoms.